The number of rotatable bonds is 3. The van der Waals surface area contributed by atoms with Crippen LogP contribution >= 0.6 is 0 Å². The Kier molecular flexibility index (Phi) is 3.10. The molecule has 0 aromatic heterocycles. The Bertz CT molecular complexity index is 318. The molecule has 0 aliphatic heterocycles. The van der Waals surface area contributed by atoms with Gasteiger partial charge in [0.05, 0.1) is 13.2 Å². The smallest absolute Gasteiger partial charge is 0.139 e. The molecule has 1 rings (SSSR count). The van der Waals surface area contributed by atoms with E-state index in [0.717, 1.165) is 5.56 Å². The van der Waals surface area contributed by atoms with Crippen molar-refractivity contribution in [2.45, 2.75) is 12.5 Å². The zero-order valence-corrected chi connectivity index (χ0v) is 7.94. The number of phenols is 1. The number of benzene rings is 1. The van der Waals surface area contributed by atoms with Crippen LogP contribution in [-0.4, -0.2) is 33.6 Å². The van der Waals surface area contributed by atoms with E-state index in [2.05, 4.69) is 0 Å². The third-order valence-electron chi connectivity index (χ3n) is 2.18. The topological polar surface area (TPSA) is 80.9 Å². The molecule has 0 amide bonds. The van der Waals surface area contributed by atoms with Gasteiger partial charge in [0.2, 0.25) is 0 Å². The van der Waals surface area contributed by atoms with E-state index < -0.39 is 18.8 Å². The van der Waals surface area contributed by atoms with Crippen LogP contribution in [0.15, 0.2) is 18.2 Å². The lowest BCUT2D eigenvalue weighted by molar-refractivity contribution is -0.0611. The van der Waals surface area contributed by atoms with Gasteiger partial charge in [-0.2, -0.15) is 0 Å². The van der Waals surface area contributed by atoms with Gasteiger partial charge in [-0.15, -0.1) is 0 Å². The quantitative estimate of drug-likeness (QED) is 0.545. The Morgan fingerprint density at radius 2 is 1.79 bits per heavy atom. The molecular weight excluding hydrogens is 184 g/mol. The number of hydrogen-bond donors (Lipinski definition) is 4. The Morgan fingerprint density at radius 3 is 2.21 bits per heavy atom. The van der Waals surface area contributed by atoms with Crippen molar-refractivity contribution in [3.63, 3.8) is 0 Å². The van der Waals surface area contributed by atoms with E-state index in [-0.39, 0.29) is 11.3 Å². The van der Waals surface area contributed by atoms with E-state index in [1.807, 2.05) is 0 Å². The predicted octanol–water partition coefficient (Wildman–Crippen LogP) is -0.127. The first kappa shape index (κ1) is 11.0. The number of aliphatic hydroxyl groups excluding tert-OH is 2. The second kappa shape index (κ2) is 3.96. The minimum absolute atomic E-state index is 0.129. The summed E-state index contributed by atoms with van der Waals surface area (Å²) in [7, 11) is 0. The summed E-state index contributed by atoms with van der Waals surface area (Å²) in [5, 5.41) is 37.0. The third-order valence-corrected chi connectivity index (χ3v) is 2.18. The molecule has 0 aliphatic carbocycles. The highest BCUT2D eigenvalue weighted by atomic mass is 16.4. The fourth-order valence-electron chi connectivity index (χ4n) is 1.26. The molecule has 78 valence electrons. The van der Waals surface area contributed by atoms with Gasteiger partial charge in [0.1, 0.15) is 11.4 Å². The Morgan fingerprint density at radius 1 is 1.21 bits per heavy atom. The van der Waals surface area contributed by atoms with Crippen LogP contribution < -0.4 is 0 Å². The fraction of sp³-hybridized carbons (Fsp3) is 0.400. The summed E-state index contributed by atoms with van der Waals surface area (Å²) in [6, 6.07) is 4.63. The third kappa shape index (κ3) is 1.87. The molecule has 0 fully saturated rings. The van der Waals surface area contributed by atoms with Crippen LogP contribution in [0.5, 0.6) is 5.75 Å². The van der Waals surface area contributed by atoms with E-state index >= 15 is 0 Å². The van der Waals surface area contributed by atoms with Gasteiger partial charge in [-0.3, -0.25) is 0 Å². The Balaban J connectivity index is 3.17. The molecular formula is C10H14O4. The minimum Gasteiger partial charge on any atom is -0.508 e. The van der Waals surface area contributed by atoms with Gasteiger partial charge in [0.15, 0.2) is 0 Å². The van der Waals surface area contributed by atoms with E-state index in [4.69, 9.17) is 10.2 Å². The SMILES string of the molecule is Cc1ccc(C(O)(CO)CO)c(O)c1. The van der Waals surface area contributed by atoms with Crippen molar-refractivity contribution in [1.29, 1.82) is 0 Å². The molecule has 1 aromatic carbocycles. The highest BCUT2D eigenvalue weighted by Crippen LogP contribution is 2.29. The Labute approximate surface area is 82.1 Å². The van der Waals surface area contributed by atoms with Crippen LogP contribution in [0.25, 0.3) is 0 Å². The van der Waals surface area contributed by atoms with Crippen LogP contribution in [0, 0.1) is 6.92 Å². The molecule has 0 aliphatic rings. The molecule has 0 saturated carbocycles. The molecule has 0 saturated heterocycles. The van der Waals surface area contributed by atoms with Crippen molar-refractivity contribution in [2.24, 2.45) is 0 Å². The van der Waals surface area contributed by atoms with E-state index in [1.54, 1.807) is 13.0 Å². The maximum atomic E-state index is 9.71. The highest BCUT2D eigenvalue weighted by molar-refractivity contribution is 5.40. The summed E-state index contributed by atoms with van der Waals surface area (Å²) in [6.07, 6.45) is 0. The average Bonchev–Trinajstić information content (AvgIpc) is 2.17. The molecule has 4 nitrogen and oxygen atoms in total. The monoisotopic (exact) mass is 198 g/mol. The second-order valence-corrected chi connectivity index (χ2v) is 3.37. The lowest BCUT2D eigenvalue weighted by Crippen LogP contribution is -2.34. The number of hydrogen-bond acceptors (Lipinski definition) is 4. The van der Waals surface area contributed by atoms with E-state index in [0.29, 0.717) is 0 Å². The maximum absolute atomic E-state index is 9.71. The lowest BCUT2D eigenvalue weighted by Gasteiger charge is -2.24. The molecule has 0 bridgehead atoms. The molecule has 4 heteroatoms. The van der Waals surface area contributed by atoms with Gasteiger partial charge in [0, 0.05) is 5.56 Å². The summed E-state index contributed by atoms with van der Waals surface area (Å²) in [4.78, 5) is 0. The summed E-state index contributed by atoms with van der Waals surface area (Å²) < 4.78 is 0. The molecule has 4 N–H and O–H groups in total. The van der Waals surface area contributed by atoms with Crippen molar-refractivity contribution >= 4 is 0 Å². The maximum Gasteiger partial charge on any atom is 0.139 e. The van der Waals surface area contributed by atoms with Gasteiger partial charge < -0.3 is 20.4 Å². The number of aliphatic hydroxyl groups is 3. The first-order valence-corrected chi connectivity index (χ1v) is 4.27. The van der Waals surface area contributed by atoms with E-state index in [1.165, 1.54) is 12.1 Å². The van der Waals surface area contributed by atoms with Gasteiger partial charge in [-0.25, -0.2) is 0 Å². The van der Waals surface area contributed by atoms with Gasteiger partial charge >= 0.3 is 0 Å². The normalized spacial score (nSPS) is 11.7. The molecule has 0 atom stereocenters. The number of aromatic hydroxyl groups is 1. The largest absolute Gasteiger partial charge is 0.508 e. The first-order valence-electron chi connectivity index (χ1n) is 4.27. The zero-order valence-electron chi connectivity index (χ0n) is 7.94. The second-order valence-electron chi connectivity index (χ2n) is 3.37. The zero-order chi connectivity index (χ0) is 10.8. The molecule has 0 unspecified atom stereocenters. The van der Waals surface area contributed by atoms with Crippen molar-refractivity contribution in [3.8, 4) is 5.75 Å². The summed E-state index contributed by atoms with van der Waals surface area (Å²) in [5.74, 6) is -0.129. The fourth-order valence-corrected chi connectivity index (χ4v) is 1.26. The van der Waals surface area contributed by atoms with Crippen LogP contribution in [0.1, 0.15) is 11.1 Å². The van der Waals surface area contributed by atoms with Gasteiger partial charge in [-0.1, -0.05) is 12.1 Å². The van der Waals surface area contributed by atoms with Crippen molar-refractivity contribution in [1.82, 2.24) is 0 Å². The number of aryl methyl sites for hydroxylation is 1. The predicted molar refractivity (Wildman–Crippen MR) is 50.9 cm³/mol. The van der Waals surface area contributed by atoms with E-state index in [9.17, 15) is 10.2 Å². The summed E-state index contributed by atoms with van der Waals surface area (Å²) in [5.41, 5.74) is -0.810. The number of phenolic OH excluding ortho intramolecular Hbond substituents is 1. The molecule has 1 aromatic rings. The average molecular weight is 198 g/mol. The lowest BCUT2D eigenvalue weighted by atomic mass is 9.94. The van der Waals surface area contributed by atoms with Crippen LogP contribution in [0.2, 0.25) is 0 Å². The van der Waals surface area contributed by atoms with Crippen LogP contribution in [0.3, 0.4) is 0 Å². The van der Waals surface area contributed by atoms with Crippen molar-refractivity contribution < 1.29 is 20.4 Å². The summed E-state index contributed by atoms with van der Waals surface area (Å²) >= 11 is 0. The van der Waals surface area contributed by atoms with Gasteiger partial charge in [0.25, 0.3) is 0 Å². The molecule has 14 heavy (non-hydrogen) atoms. The van der Waals surface area contributed by atoms with Crippen LogP contribution in [0.4, 0.5) is 0 Å². The minimum atomic E-state index is -1.78. The summed E-state index contributed by atoms with van der Waals surface area (Å²) in [6.45, 7) is 0.515. The first-order chi connectivity index (χ1) is 6.53. The molecule has 0 radical (unpaired) electrons. The Hall–Kier alpha value is -1.10. The van der Waals surface area contributed by atoms with Crippen molar-refractivity contribution in [2.75, 3.05) is 13.2 Å². The molecule has 0 spiro atoms. The van der Waals surface area contributed by atoms with Gasteiger partial charge in [-0.05, 0) is 18.6 Å². The highest BCUT2D eigenvalue weighted by Gasteiger charge is 2.30. The van der Waals surface area contributed by atoms with Crippen molar-refractivity contribution in [3.05, 3.63) is 29.3 Å². The molecule has 0 heterocycles. The van der Waals surface area contributed by atoms with Crippen LogP contribution in [-0.2, 0) is 5.60 Å². The standard InChI is InChI=1S/C10H14O4/c1-7-2-3-8(9(13)4-7)10(14,5-11)6-12/h2-4,11-14H,5-6H2,1H3.